The predicted octanol–water partition coefficient (Wildman–Crippen LogP) is -0.921. The van der Waals surface area contributed by atoms with Crippen LogP contribution in [0.5, 0.6) is 0 Å². The van der Waals surface area contributed by atoms with E-state index in [0.29, 0.717) is 0 Å². The fraction of sp³-hybridized carbons (Fsp3) is 0.818. The number of hydrogen-bond donors (Lipinski definition) is 1. The molecule has 0 saturated carbocycles. The number of carbonyl (C=O) groups is 2. The number of hydrogen-bond acceptors (Lipinski definition) is 3. The van der Waals surface area contributed by atoms with Crippen LogP contribution in [-0.2, 0) is 9.53 Å². The van der Waals surface area contributed by atoms with Gasteiger partial charge in [0.25, 0.3) is 0 Å². The first-order valence-corrected chi connectivity index (χ1v) is 5.25. The van der Waals surface area contributed by atoms with Crippen molar-refractivity contribution < 1.29 is 89.8 Å². The Kier molecular flexibility index (Phi) is 9.54. The summed E-state index contributed by atoms with van der Waals surface area (Å²) in [5, 5.41) is 9.01. The average molecular weight is 365 g/mol. The summed E-state index contributed by atoms with van der Waals surface area (Å²) in [4.78, 5) is 23.8. The predicted molar refractivity (Wildman–Crippen MR) is 61.4 cm³/mol. The van der Waals surface area contributed by atoms with Crippen LogP contribution in [0.2, 0.25) is 0 Å². The summed E-state index contributed by atoms with van der Waals surface area (Å²) in [5.74, 6) is -1.20. The van der Waals surface area contributed by atoms with Crippen molar-refractivity contribution in [1.29, 1.82) is 0 Å². The van der Waals surface area contributed by atoms with Crippen molar-refractivity contribution in [3.05, 3.63) is 0 Å². The second-order valence-electron chi connectivity index (χ2n) is 5.12. The first-order valence-electron chi connectivity index (χ1n) is 5.25. The molecule has 0 aliphatic heterocycles. The molecule has 1 N–H and O–H groups in total. The summed E-state index contributed by atoms with van der Waals surface area (Å²) in [6.07, 6.45) is -0.617. The fourth-order valence-corrected chi connectivity index (χ4v) is 1.35. The van der Waals surface area contributed by atoms with Gasteiger partial charge < -0.3 is 11.3 Å². The molecule has 0 rings (SSSR count). The Morgan fingerprint density at radius 3 is 1.94 bits per heavy atom. The first-order chi connectivity index (χ1) is 7.06. The van der Waals surface area contributed by atoms with Gasteiger partial charge in [0.15, 0.2) is 0 Å². The number of carboxylic acid groups (broad SMARTS) is 1. The van der Waals surface area contributed by atoms with Crippen LogP contribution >= 0.6 is 0 Å². The molecule has 0 saturated heterocycles. The fourth-order valence-electron chi connectivity index (χ4n) is 1.35. The largest absolute Gasteiger partial charge is 1.00 e. The zero-order chi connectivity index (χ0) is 13.1. The summed E-state index contributed by atoms with van der Waals surface area (Å²) in [6.45, 7) is 8.72. The summed E-state index contributed by atoms with van der Waals surface area (Å²) < 4.78 is 5.10. The molecule has 0 unspecified atom stereocenters. The maximum Gasteiger partial charge on any atom is 1.00 e. The van der Waals surface area contributed by atoms with Crippen LogP contribution in [0.25, 0.3) is 0 Å². The molecule has 0 spiro atoms. The van der Waals surface area contributed by atoms with Gasteiger partial charge in [-0.05, 0) is 26.7 Å². The van der Waals surface area contributed by atoms with Gasteiger partial charge >= 0.3 is 81.0 Å². The van der Waals surface area contributed by atoms with Crippen LogP contribution in [-0.4, -0.2) is 40.8 Å². The van der Waals surface area contributed by atoms with Crippen LogP contribution in [0.3, 0.4) is 0 Å². The molecule has 0 aromatic carbocycles. The minimum Gasteiger partial charge on any atom is -1.00 e. The Morgan fingerprint density at radius 1 is 1.29 bits per heavy atom. The van der Waals surface area contributed by atoms with Gasteiger partial charge in [-0.3, -0.25) is 4.90 Å². The van der Waals surface area contributed by atoms with Crippen molar-refractivity contribution in [1.82, 2.24) is 4.90 Å². The number of aliphatic carboxylic acids is 1. The number of carbonyl (C=O) groups excluding carboxylic acids is 1. The van der Waals surface area contributed by atoms with Crippen molar-refractivity contribution in [2.75, 3.05) is 7.05 Å². The molecule has 96 valence electrons. The third-order valence-corrected chi connectivity index (χ3v) is 1.98. The smallest absolute Gasteiger partial charge is 1.00 e. The molecule has 0 fully saturated rings. The topological polar surface area (TPSA) is 66.8 Å². The van der Waals surface area contributed by atoms with E-state index in [-0.39, 0.29) is 76.2 Å². The Labute approximate surface area is 163 Å². The monoisotopic (exact) mass is 365 g/mol. The van der Waals surface area contributed by atoms with Crippen LogP contribution in [0, 0.1) is 5.92 Å². The molecular weight excluding hydrogens is 343 g/mol. The molecule has 5 nitrogen and oxygen atoms in total. The standard InChI is InChI=1S/C11H21NO4.Cs.H/c1-7(2)8(9(13)14)12(6)10(15)16-11(3,4)5;;/h7-8H,1-6H3,(H,13,14);;/q;+1;-1/t8-;;/m0../s1. The first kappa shape index (κ1) is 20.1. The second kappa shape index (κ2) is 8.06. The van der Waals surface area contributed by atoms with E-state index in [0.717, 1.165) is 4.90 Å². The third kappa shape index (κ3) is 7.74. The van der Waals surface area contributed by atoms with Crippen LogP contribution in [0.1, 0.15) is 36.0 Å². The van der Waals surface area contributed by atoms with Crippen molar-refractivity contribution >= 4 is 12.1 Å². The number of rotatable bonds is 3. The van der Waals surface area contributed by atoms with Gasteiger partial charge in [-0.1, -0.05) is 13.8 Å². The molecule has 0 aromatic heterocycles. The van der Waals surface area contributed by atoms with Crippen molar-refractivity contribution in [2.24, 2.45) is 5.92 Å². The van der Waals surface area contributed by atoms with Gasteiger partial charge in [0.1, 0.15) is 11.6 Å². The Hall–Kier alpha value is 0.792. The van der Waals surface area contributed by atoms with E-state index < -0.39 is 23.7 Å². The van der Waals surface area contributed by atoms with Crippen LogP contribution < -0.4 is 68.9 Å². The van der Waals surface area contributed by atoms with Gasteiger partial charge in [0.05, 0.1) is 0 Å². The van der Waals surface area contributed by atoms with E-state index in [1.165, 1.54) is 7.05 Å². The molecule has 17 heavy (non-hydrogen) atoms. The molecule has 0 aliphatic rings. The van der Waals surface area contributed by atoms with Gasteiger partial charge in [-0.25, -0.2) is 9.59 Å². The molecule has 0 aliphatic carbocycles. The van der Waals surface area contributed by atoms with Crippen molar-refractivity contribution in [3.8, 4) is 0 Å². The molecule has 0 radical (unpaired) electrons. The van der Waals surface area contributed by atoms with E-state index >= 15 is 0 Å². The minimum absolute atomic E-state index is 0. The van der Waals surface area contributed by atoms with Crippen molar-refractivity contribution in [2.45, 2.75) is 46.3 Å². The van der Waals surface area contributed by atoms with Gasteiger partial charge in [-0.15, -0.1) is 0 Å². The average Bonchev–Trinajstić information content (AvgIpc) is 1.98. The second-order valence-corrected chi connectivity index (χ2v) is 5.12. The summed E-state index contributed by atoms with van der Waals surface area (Å²) in [7, 11) is 1.44. The van der Waals surface area contributed by atoms with Gasteiger partial charge in [0.2, 0.25) is 0 Å². The molecule has 0 bridgehead atoms. The van der Waals surface area contributed by atoms with Crippen LogP contribution in [0.4, 0.5) is 4.79 Å². The normalized spacial score (nSPS) is 12.6. The minimum atomic E-state index is -1.02. The summed E-state index contributed by atoms with van der Waals surface area (Å²) in [6, 6.07) is -0.866. The van der Waals surface area contributed by atoms with E-state index in [1.54, 1.807) is 34.6 Å². The van der Waals surface area contributed by atoms with Gasteiger partial charge in [0, 0.05) is 7.05 Å². The van der Waals surface area contributed by atoms with E-state index in [9.17, 15) is 9.59 Å². The SMILES string of the molecule is CC(C)[C@@H](C(=O)O)N(C)C(=O)OC(C)(C)C.[Cs+].[H-]. The zero-order valence-electron chi connectivity index (χ0n) is 12.8. The summed E-state index contributed by atoms with van der Waals surface area (Å²) >= 11 is 0. The number of carboxylic acids is 1. The van der Waals surface area contributed by atoms with E-state index in [2.05, 4.69) is 0 Å². The third-order valence-electron chi connectivity index (χ3n) is 1.98. The van der Waals surface area contributed by atoms with E-state index in [1.807, 2.05) is 0 Å². The molecule has 0 heterocycles. The quantitative estimate of drug-likeness (QED) is 0.703. The maximum atomic E-state index is 11.6. The molecular formula is C11H22CsNO4. The zero-order valence-corrected chi connectivity index (χ0v) is 18.1. The Bertz CT molecular complexity index is 279. The maximum absolute atomic E-state index is 11.6. The molecule has 1 atom stereocenters. The van der Waals surface area contributed by atoms with Crippen LogP contribution in [0.15, 0.2) is 0 Å². The summed E-state index contributed by atoms with van der Waals surface area (Å²) in [5.41, 5.74) is -0.620. The molecule has 6 heteroatoms. The number of ether oxygens (including phenoxy) is 1. The number of nitrogens with zero attached hydrogens (tertiary/aromatic N) is 1. The van der Waals surface area contributed by atoms with Crippen molar-refractivity contribution in [3.63, 3.8) is 0 Å². The van der Waals surface area contributed by atoms with E-state index in [4.69, 9.17) is 9.84 Å². The molecule has 0 aromatic rings. The number of likely N-dealkylation sites (N-methyl/N-ethyl adjacent to an activating group) is 1. The van der Waals surface area contributed by atoms with Gasteiger partial charge in [-0.2, -0.15) is 0 Å². The Morgan fingerprint density at radius 2 is 1.71 bits per heavy atom. The molecule has 1 amide bonds. The number of amides is 1. The Balaban J connectivity index is -0.00000112.